The normalized spacial score (nSPS) is 19.7. The highest BCUT2D eigenvalue weighted by molar-refractivity contribution is 6.31. The summed E-state index contributed by atoms with van der Waals surface area (Å²) in [4.78, 5) is 20.1. The second kappa shape index (κ2) is 8.06. The Bertz CT molecular complexity index is 897. The van der Waals surface area contributed by atoms with Gasteiger partial charge in [0.2, 0.25) is 0 Å². The molecule has 0 spiro atoms. The van der Waals surface area contributed by atoms with Gasteiger partial charge in [-0.1, -0.05) is 23.2 Å². The van der Waals surface area contributed by atoms with E-state index >= 15 is 0 Å². The van der Waals surface area contributed by atoms with Gasteiger partial charge in [-0.3, -0.25) is 9.79 Å². The number of hydrogen-bond donors (Lipinski definition) is 2. The zero-order valence-electron chi connectivity index (χ0n) is 14.0. The Morgan fingerprint density at radius 3 is 2.89 bits per heavy atom. The summed E-state index contributed by atoms with van der Waals surface area (Å²) in [6.45, 7) is 0. The van der Waals surface area contributed by atoms with Crippen molar-refractivity contribution in [3.8, 4) is 0 Å². The first kappa shape index (κ1) is 19.3. The third kappa shape index (κ3) is 4.28. The van der Waals surface area contributed by atoms with Crippen LogP contribution in [0.25, 0.3) is 0 Å². The van der Waals surface area contributed by atoms with Crippen molar-refractivity contribution in [1.29, 1.82) is 0 Å². The summed E-state index contributed by atoms with van der Waals surface area (Å²) in [7, 11) is 1.44. The van der Waals surface area contributed by atoms with E-state index in [-0.39, 0.29) is 16.8 Å². The maximum absolute atomic E-state index is 13.3. The molecule has 6 nitrogen and oxygen atoms in total. The second-order valence-corrected chi connectivity index (χ2v) is 6.44. The van der Waals surface area contributed by atoms with E-state index in [1.165, 1.54) is 31.6 Å². The molecule has 1 heterocycles. The third-order valence-corrected chi connectivity index (χ3v) is 4.42. The van der Waals surface area contributed by atoms with E-state index in [9.17, 15) is 13.6 Å². The first-order valence-electron chi connectivity index (χ1n) is 7.78. The number of allylic oxidation sites excluding steroid dienone is 1. The Balaban J connectivity index is 1.90. The summed E-state index contributed by atoms with van der Waals surface area (Å²) in [5.74, 6) is -0.684. The summed E-state index contributed by atoms with van der Waals surface area (Å²) in [6, 6.07) is 3.84. The highest BCUT2D eigenvalue weighted by atomic mass is 35.5. The third-order valence-electron chi connectivity index (χ3n) is 3.93. The van der Waals surface area contributed by atoms with Gasteiger partial charge in [-0.05, 0) is 24.3 Å². The van der Waals surface area contributed by atoms with Crippen LogP contribution in [0.4, 0.5) is 14.5 Å². The first-order valence-corrected chi connectivity index (χ1v) is 8.60. The number of ether oxygens (including phenoxy) is 1. The molecule has 2 unspecified atom stereocenters. The fourth-order valence-corrected chi connectivity index (χ4v) is 2.87. The van der Waals surface area contributed by atoms with Crippen LogP contribution in [0, 0.1) is 5.82 Å². The Hall–Kier alpha value is -2.45. The largest absolute Gasteiger partial charge is 0.499 e. The molecule has 2 N–H and O–H groups in total. The molecule has 1 aromatic carbocycles. The summed E-state index contributed by atoms with van der Waals surface area (Å²) < 4.78 is 31.6. The van der Waals surface area contributed by atoms with Gasteiger partial charge in [0.25, 0.3) is 11.5 Å². The van der Waals surface area contributed by atoms with Crippen molar-refractivity contribution in [1.82, 2.24) is 5.32 Å². The SMILES string of the molecule is COC1=C(NC(=O)C(F)Cl)C=C2C(Nc3ccc(F)c(Cl)c3)=NC=NC2C1. The highest BCUT2D eigenvalue weighted by Gasteiger charge is 2.30. The number of amidine groups is 1. The smallest absolute Gasteiger partial charge is 0.274 e. The quantitative estimate of drug-likeness (QED) is 0.739. The van der Waals surface area contributed by atoms with Gasteiger partial charge in [-0.15, -0.1) is 0 Å². The van der Waals surface area contributed by atoms with Crippen LogP contribution in [-0.2, 0) is 9.53 Å². The van der Waals surface area contributed by atoms with Gasteiger partial charge in [-0.2, -0.15) is 0 Å². The summed E-state index contributed by atoms with van der Waals surface area (Å²) in [5, 5.41) is 5.38. The molecule has 2 atom stereocenters. The first-order chi connectivity index (χ1) is 12.9. The lowest BCUT2D eigenvalue weighted by atomic mass is 9.94. The van der Waals surface area contributed by atoms with Gasteiger partial charge >= 0.3 is 0 Å². The van der Waals surface area contributed by atoms with Crippen LogP contribution in [0.2, 0.25) is 5.02 Å². The second-order valence-electron chi connectivity index (χ2n) is 5.65. The minimum atomic E-state index is -2.19. The van der Waals surface area contributed by atoms with E-state index in [0.717, 1.165) is 0 Å². The Morgan fingerprint density at radius 2 is 2.22 bits per heavy atom. The molecule has 1 aliphatic heterocycles. The van der Waals surface area contributed by atoms with Crippen molar-refractivity contribution in [3.05, 3.63) is 52.1 Å². The van der Waals surface area contributed by atoms with Gasteiger partial charge in [0, 0.05) is 17.7 Å². The van der Waals surface area contributed by atoms with Crippen LogP contribution < -0.4 is 10.6 Å². The van der Waals surface area contributed by atoms with E-state index in [0.29, 0.717) is 29.3 Å². The maximum Gasteiger partial charge on any atom is 0.274 e. The lowest BCUT2D eigenvalue weighted by Gasteiger charge is -2.27. The summed E-state index contributed by atoms with van der Waals surface area (Å²) in [5.41, 5.74) is -0.768. The zero-order valence-corrected chi connectivity index (χ0v) is 15.5. The molecular formula is C17H14Cl2F2N4O2. The molecule has 0 radical (unpaired) electrons. The molecule has 0 fully saturated rings. The number of alkyl halides is 2. The highest BCUT2D eigenvalue weighted by Crippen LogP contribution is 2.29. The standard InChI is InChI=1S/C17H14Cl2F2N4O2/c1-27-14-6-12-9(5-13(14)25-17(26)15(19)21)16(23-7-22-12)24-8-2-3-11(20)10(18)4-8/h2-5,7,12,15H,6H2,1H3,(H,25,26)(H,22,23,24). The average Bonchev–Trinajstić information content (AvgIpc) is 2.64. The van der Waals surface area contributed by atoms with E-state index in [4.69, 9.17) is 27.9 Å². The van der Waals surface area contributed by atoms with Crippen LogP contribution in [-0.4, -0.2) is 36.9 Å². The van der Waals surface area contributed by atoms with Crippen molar-refractivity contribution in [2.75, 3.05) is 12.4 Å². The minimum absolute atomic E-state index is 0.0372. The molecule has 142 valence electrons. The molecule has 0 saturated heterocycles. The van der Waals surface area contributed by atoms with Crippen molar-refractivity contribution < 1.29 is 18.3 Å². The topological polar surface area (TPSA) is 75.1 Å². The van der Waals surface area contributed by atoms with E-state index < -0.39 is 17.4 Å². The number of hydrogen-bond acceptors (Lipinski definition) is 5. The summed E-state index contributed by atoms with van der Waals surface area (Å²) in [6.07, 6.45) is 3.30. The average molecular weight is 415 g/mol. The van der Waals surface area contributed by atoms with Crippen molar-refractivity contribution in [2.45, 2.75) is 18.1 Å². The molecule has 0 bridgehead atoms. The number of rotatable bonds is 4. The number of aliphatic imine (C=N–C) groups is 2. The Morgan fingerprint density at radius 1 is 1.44 bits per heavy atom. The van der Waals surface area contributed by atoms with Gasteiger partial charge in [0.1, 0.15) is 23.8 Å². The van der Waals surface area contributed by atoms with Gasteiger partial charge in [0.05, 0.1) is 23.9 Å². The number of fused-ring (bicyclic) bond motifs is 1. The number of nitrogens with one attached hydrogen (secondary N) is 2. The van der Waals surface area contributed by atoms with E-state index in [2.05, 4.69) is 20.6 Å². The molecule has 10 heteroatoms. The van der Waals surface area contributed by atoms with Crippen LogP contribution >= 0.6 is 23.2 Å². The number of carbonyl (C=O) groups excluding carboxylic acids is 1. The Kier molecular flexibility index (Phi) is 5.76. The predicted octanol–water partition coefficient (Wildman–Crippen LogP) is 3.54. The van der Waals surface area contributed by atoms with Crippen LogP contribution in [0.1, 0.15) is 6.42 Å². The lowest BCUT2D eigenvalue weighted by molar-refractivity contribution is -0.122. The number of amides is 1. The molecule has 27 heavy (non-hydrogen) atoms. The molecule has 1 amide bonds. The zero-order chi connectivity index (χ0) is 19.6. The van der Waals surface area contributed by atoms with Crippen molar-refractivity contribution in [3.63, 3.8) is 0 Å². The molecule has 0 aromatic heterocycles. The molecule has 2 aliphatic rings. The fraction of sp³-hybridized carbons (Fsp3) is 0.235. The van der Waals surface area contributed by atoms with Crippen molar-refractivity contribution >= 4 is 47.0 Å². The van der Waals surface area contributed by atoms with Crippen LogP contribution in [0.5, 0.6) is 0 Å². The predicted molar refractivity (Wildman–Crippen MR) is 100 cm³/mol. The molecular weight excluding hydrogens is 401 g/mol. The van der Waals surface area contributed by atoms with Gasteiger partial charge < -0.3 is 15.4 Å². The number of methoxy groups -OCH3 is 1. The maximum atomic E-state index is 13.3. The molecule has 1 aliphatic carbocycles. The Labute approximate surface area is 163 Å². The number of benzene rings is 1. The molecule has 0 saturated carbocycles. The van der Waals surface area contributed by atoms with Crippen molar-refractivity contribution in [2.24, 2.45) is 9.98 Å². The minimum Gasteiger partial charge on any atom is -0.499 e. The van der Waals surface area contributed by atoms with E-state index in [1.54, 1.807) is 6.08 Å². The number of anilines is 1. The monoisotopic (exact) mass is 414 g/mol. The summed E-state index contributed by atoms with van der Waals surface area (Å²) >= 11 is 11.0. The molecule has 3 rings (SSSR count). The number of halogens is 4. The van der Waals surface area contributed by atoms with E-state index in [1.807, 2.05) is 0 Å². The van der Waals surface area contributed by atoms with Gasteiger partial charge in [-0.25, -0.2) is 13.8 Å². The number of nitrogens with zero attached hydrogens (tertiary/aromatic N) is 2. The number of carbonyl (C=O) groups is 1. The van der Waals surface area contributed by atoms with Gasteiger partial charge in [0.15, 0.2) is 0 Å². The molecule has 1 aromatic rings. The van der Waals surface area contributed by atoms with Crippen LogP contribution in [0.3, 0.4) is 0 Å². The van der Waals surface area contributed by atoms with Crippen LogP contribution in [0.15, 0.2) is 51.3 Å². The fourth-order valence-electron chi connectivity index (χ4n) is 2.63. The lowest BCUT2D eigenvalue weighted by Crippen LogP contribution is -2.34.